The summed E-state index contributed by atoms with van der Waals surface area (Å²) in [5.41, 5.74) is 2.71. The van der Waals surface area contributed by atoms with Gasteiger partial charge < -0.3 is 14.2 Å². The minimum Gasteiger partial charge on any atom is -0.455 e. The molecule has 0 unspecified atom stereocenters. The summed E-state index contributed by atoms with van der Waals surface area (Å²) >= 11 is 12.3. The predicted molar refractivity (Wildman–Crippen MR) is 154 cm³/mol. The largest absolute Gasteiger partial charge is 0.455 e. The number of imide groups is 1. The van der Waals surface area contributed by atoms with E-state index in [1.54, 1.807) is 12.1 Å². The number of benzene rings is 2. The molecule has 0 saturated carbocycles. The van der Waals surface area contributed by atoms with Gasteiger partial charge in [0.25, 0.3) is 5.91 Å². The monoisotopic (exact) mass is 567 g/mol. The van der Waals surface area contributed by atoms with Crippen molar-refractivity contribution in [2.45, 2.75) is 12.8 Å². The van der Waals surface area contributed by atoms with Crippen LogP contribution < -0.4 is 0 Å². The number of carbonyl (C=O) groups excluding carboxylic acids is 2. The molecule has 3 amide bonds. The van der Waals surface area contributed by atoms with Gasteiger partial charge in [-0.25, -0.2) is 9.80 Å². The van der Waals surface area contributed by atoms with Crippen molar-refractivity contribution in [1.29, 1.82) is 0 Å². The molecular weight excluding hydrogens is 537 g/mol. The van der Waals surface area contributed by atoms with Crippen molar-refractivity contribution < 1.29 is 14.0 Å². The molecule has 5 rings (SSSR count). The maximum atomic E-state index is 12.8. The Kier molecular flexibility index (Phi) is 8.67. The van der Waals surface area contributed by atoms with Crippen molar-refractivity contribution in [2.75, 3.05) is 52.9 Å². The molecule has 0 radical (unpaired) electrons. The van der Waals surface area contributed by atoms with E-state index in [-0.39, 0.29) is 12.5 Å². The van der Waals surface area contributed by atoms with Crippen LogP contribution in [0.2, 0.25) is 10.0 Å². The number of carbonyl (C=O) groups is 2. The summed E-state index contributed by atoms with van der Waals surface area (Å²) < 4.78 is 6.03. The van der Waals surface area contributed by atoms with E-state index in [0.717, 1.165) is 62.3 Å². The minimum absolute atomic E-state index is 0.0702. The Morgan fingerprint density at radius 1 is 0.872 bits per heavy atom. The highest BCUT2D eigenvalue weighted by molar-refractivity contribution is 6.31. The third kappa shape index (κ3) is 6.70. The van der Waals surface area contributed by atoms with E-state index < -0.39 is 6.03 Å². The second kappa shape index (κ2) is 12.3. The highest BCUT2D eigenvalue weighted by atomic mass is 35.5. The Balaban J connectivity index is 1.19. The Morgan fingerprint density at radius 2 is 1.59 bits per heavy atom. The van der Waals surface area contributed by atoms with Gasteiger partial charge in [0.2, 0.25) is 0 Å². The normalized spacial score (nSPS) is 17.2. The molecule has 10 heteroatoms. The lowest BCUT2D eigenvalue weighted by Gasteiger charge is -2.32. The summed E-state index contributed by atoms with van der Waals surface area (Å²) in [4.78, 5) is 31.3. The second-order valence-electron chi connectivity index (χ2n) is 9.88. The average Bonchev–Trinajstić information content (AvgIpc) is 3.51. The summed E-state index contributed by atoms with van der Waals surface area (Å²) in [6.07, 6.45) is 3.19. The van der Waals surface area contributed by atoms with E-state index in [9.17, 15) is 9.59 Å². The fraction of sp³-hybridized carbons (Fsp3) is 0.345. The number of hydrazone groups is 1. The molecule has 0 N–H and O–H groups in total. The number of rotatable bonds is 9. The van der Waals surface area contributed by atoms with Gasteiger partial charge in [0.15, 0.2) is 0 Å². The van der Waals surface area contributed by atoms with Crippen molar-refractivity contribution in [2.24, 2.45) is 5.10 Å². The van der Waals surface area contributed by atoms with Gasteiger partial charge in [-0.1, -0.05) is 35.3 Å². The van der Waals surface area contributed by atoms with E-state index in [2.05, 4.69) is 21.9 Å². The first-order valence-corrected chi connectivity index (χ1v) is 13.9. The van der Waals surface area contributed by atoms with Crippen molar-refractivity contribution >= 4 is 41.4 Å². The molecular formula is C29H31Cl2N5O3. The first kappa shape index (κ1) is 27.4. The van der Waals surface area contributed by atoms with Crippen LogP contribution in [0.25, 0.3) is 22.5 Å². The number of halogens is 2. The average molecular weight is 569 g/mol. The molecule has 3 aromatic rings. The minimum atomic E-state index is -0.398. The molecule has 2 aliphatic heterocycles. The summed E-state index contributed by atoms with van der Waals surface area (Å²) in [6, 6.07) is 16.3. The molecule has 0 spiro atoms. The van der Waals surface area contributed by atoms with Crippen LogP contribution in [0.5, 0.6) is 0 Å². The summed E-state index contributed by atoms with van der Waals surface area (Å²) in [5.74, 6) is 0.863. The number of furan rings is 1. The number of nitrogens with zero attached hydrogens (tertiary/aromatic N) is 5. The summed E-state index contributed by atoms with van der Waals surface area (Å²) in [7, 11) is 2.14. The van der Waals surface area contributed by atoms with Gasteiger partial charge in [-0.2, -0.15) is 5.10 Å². The van der Waals surface area contributed by atoms with Crippen LogP contribution in [0.1, 0.15) is 18.6 Å². The third-order valence-corrected chi connectivity index (χ3v) is 7.58. The maximum Gasteiger partial charge on any atom is 0.347 e. The molecule has 204 valence electrons. The molecule has 0 bridgehead atoms. The van der Waals surface area contributed by atoms with Crippen LogP contribution in [0.3, 0.4) is 0 Å². The number of unbranched alkanes of at least 4 members (excludes halogenated alkanes) is 1. The molecule has 8 nitrogen and oxygen atoms in total. The molecule has 2 fully saturated rings. The quantitative estimate of drug-likeness (QED) is 0.193. The van der Waals surface area contributed by atoms with Gasteiger partial charge in [0.05, 0.1) is 6.21 Å². The van der Waals surface area contributed by atoms with E-state index in [0.29, 0.717) is 28.1 Å². The van der Waals surface area contributed by atoms with Gasteiger partial charge in [0, 0.05) is 48.3 Å². The Hall–Kier alpha value is -3.17. The van der Waals surface area contributed by atoms with Crippen molar-refractivity contribution in [3.8, 4) is 22.5 Å². The molecule has 2 aliphatic rings. The lowest BCUT2D eigenvalue weighted by atomic mass is 9.98. The van der Waals surface area contributed by atoms with Gasteiger partial charge in [-0.05, 0) is 80.0 Å². The highest BCUT2D eigenvalue weighted by Gasteiger charge is 2.35. The van der Waals surface area contributed by atoms with Crippen LogP contribution in [0, 0.1) is 0 Å². The number of amides is 3. The summed E-state index contributed by atoms with van der Waals surface area (Å²) in [5, 5.41) is 6.70. The van der Waals surface area contributed by atoms with Crippen LogP contribution in [0.15, 0.2) is 64.1 Å². The standard InChI is InChI=1S/C29H31Cl2N5O3/c1-33-14-16-34(17-15-33)12-2-3-13-35-28(37)20-36(29(35)38)32-19-24-9-11-27(39-24)25-10-8-23(31)18-26(25)21-4-6-22(30)7-5-21/h4-11,18-19H,2-3,12-17,20H2,1H3. The van der Waals surface area contributed by atoms with E-state index in [1.807, 2.05) is 42.5 Å². The smallest absolute Gasteiger partial charge is 0.347 e. The number of hydrogen-bond acceptors (Lipinski definition) is 6. The lowest BCUT2D eigenvalue weighted by molar-refractivity contribution is -0.125. The highest BCUT2D eigenvalue weighted by Crippen LogP contribution is 2.35. The van der Waals surface area contributed by atoms with Crippen molar-refractivity contribution in [1.82, 2.24) is 19.7 Å². The van der Waals surface area contributed by atoms with Gasteiger partial charge in [0.1, 0.15) is 18.1 Å². The van der Waals surface area contributed by atoms with Crippen LogP contribution in [0.4, 0.5) is 4.79 Å². The zero-order chi connectivity index (χ0) is 27.4. The van der Waals surface area contributed by atoms with E-state index in [1.165, 1.54) is 16.1 Å². The Labute approximate surface area is 238 Å². The molecule has 2 saturated heterocycles. The number of piperazine rings is 1. The first-order valence-electron chi connectivity index (χ1n) is 13.1. The van der Waals surface area contributed by atoms with Crippen LogP contribution in [-0.4, -0.2) is 90.7 Å². The van der Waals surface area contributed by atoms with Crippen LogP contribution in [-0.2, 0) is 4.79 Å². The fourth-order valence-corrected chi connectivity index (χ4v) is 5.11. The molecule has 3 heterocycles. The van der Waals surface area contributed by atoms with E-state index in [4.69, 9.17) is 27.6 Å². The molecule has 2 aromatic carbocycles. The number of hydrogen-bond donors (Lipinski definition) is 0. The fourth-order valence-electron chi connectivity index (χ4n) is 4.81. The SMILES string of the molecule is CN1CCN(CCCCN2C(=O)CN(N=Cc3ccc(-c4ccc(Cl)cc4-c4ccc(Cl)cc4)o3)C2=O)CC1. The van der Waals surface area contributed by atoms with Crippen LogP contribution >= 0.6 is 23.2 Å². The van der Waals surface area contributed by atoms with Gasteiger partial charge in [-0.15, -0.1) is 0 Å². The number of likely N-dealkylation sites (N-methyl/N-ethyl adjacent to an activating group) is 1. The van der Waals surface area contributed by atoms with Crippen molar-refractivity contribution in [3.63, 3.8) is 0 Å². The second-order valence-corrected chi connectivity index (χ2v) is 10.8. The van der Waals surface area contributed by atoms with Gasteiger partial charge in [-0.3, -0.25) is 9.69 Å². The predicted octanol–water partition coefficient (Wildman–Crippen LogP) is 5.55. The van der Waals surface area contributed by atoms with E-state index >= 15 is 0 Å². The number of urea groups is 1. The first-order chi connectivity index (χ1) is 18.9. The lowest BCUT2D eigenvalue weighted by Crippen LogP contribution is -2.44. The summed E-state index contributed by atoms with van der Waals surface area (Å²) in [6.45, 7) is 5.61. The maximum absolute atomic E-state index is 12.8. The Morgan fingerprint density at radius 3 is 2.36 bits per heavy atom. The molecule has 39 heavy (non-hydrogen) atoms. The Bertz CT molecular complexity index is 1350. The van der Waals surface area contributed by atoms with Gasteiger partial charge >= 0.3 is 6.03 Å². The topological polar surface area (TPSA) is 72.6 Å². The zero-order valence-electron chi connectivity index (χ0n) is 21.9. The molecule has 0 atom stereocenters. The van der Waals surface area contributed by atoms with Crippen molar-refractivity contribution in [3.05, 3.63) is 70.4 Å². The molecule has 1 aromatic heterocycles. The third-order valence-electron chi connectivity index (χ3n) is 7.09. The zero-order valence-corrected chi connectivity index (χ0v) is 23.4. The molecule has 0 aliphatic carbocycles.